The molecule has 2 aromatic carbocycles. The number of nitrogens with one attached hydrogen (secondary N) is 1. The number of anilines is 1. The van der Waals surface area contributed by atoms with Gasteiger partial charge in [0.1, 0.15) is 12.4 Å². The molecule has 2 aromatic heterocycles. The van der Waals surface area contributed by atoms with Gasteiger partial charge in [-0.25, -0.2) is 4.98 Å². The van der Waals surface area contributed by atoms with Crippen LogP contribution in [0.4, 0.5) is 5.82 Å². The van der Waals surface area contributed by atoms with Gasteiger partial charge in [-0.3, -0.25) is 0 Å². The molecule has 1 aliphatic heterocycles. The van der Waals surface area contributed by atoms with Gasteiger partial charge in [0.05, 0.1) is 49.7 Å². The number of fused-ring (bicyclic) bond motifs is 1. The smallest absolute Gasteiger partial charge is 0.166 e. The minimum atomic E-state index is 0.247. The zero-order valence-electron chi connectivity index (χ0n) is 18.8. The van der Waals surface area contributed by atoms with E-state index in [-0.39, 0.29) is 6.61 Å². The SMILES string of the molecule is OCC[NH+]1CCN(c2cc(-c3ccccc3)nc3c(-c4ccccc4)c(C4CC4)nn23)CC1. The Morgan fingerprint density at radius 2 is 1.58 bits per heavy atom. The number of hydrogen-bond donors (Lipinski definition) is 2. The van der Waals surface area contributed by atoms with E-state index in [1.165, 1.54) is 34.6 Å². The lowest BCUT2D eigenvalue weighted by atomic mass is 10.0. The lowest BCUT2D eigenvalue weighted by Crippen LogP contribution is -3.15. The number of aliphatic hydroxyl groups excluding tert-OH is 1. The number of nitrogens with zero attached hydrogens (tertiary/aromatic N) is 4. The van der Waals surface area contributed by atoms with E-state index in [9.17, 15) is 5.11 Å². The monoisotopic (exact) mass is 440 g/mol. The van der Waals surface area contributed by atoms with Crippen LogP contribution in [0.5, 0.6) is 0 Å². The van der Waals surface area contributed by atoms with Crippen LogP contribution in [-0.4, -0.2) is 59.0 Å². The summed E-state index contributed by atoms with van der Waals surface area (Å²) < 4.78 is 2.10. The van der Waals surface area contributed by atoms with Crippen molar-refractivity contribution in [2.24, 2.45) is 0 Å². The molecule has 2 fully saturated rings. The Morgan fingerprint density at radius 1 is 0.909 bits per heavy atom. The zero-order valence-corrected chi connectivity index (χ0v) is 18.8. The molecule has 0 amide bonds. The van der Waals surface area contributed by atoms with Gasteiger partial charge < -0.3 is 14.9 Å². The molecule has 6 heteroatoms. The molecule has 0 radical (unpaired) electrons. The van der Waals surface area contributed by atoms with Gasteiger partial charge in [0.25, 0.3) is 0 Å². The van der Waals surface area contributed by atoms with Crippen molar-refractivity contribution in [1.29, 1.82) is 0 Å². The highest BCUT2D eigenvalue weighted by molar-refractivity contribution is 5.83. The first-order valence-electron chi connectivity index (χ1n) is 12.1. The average molecular weight is 441 g/mol. The quantitative estimate of drug-likeness (QED) is 0.484. The Morgan fingerprint density at radius 3 is 2.21 bits per heavy atom. The molecule has 33 heavy (non-hydrogen) atoms. The number of rotatable bonds is 6. The predicted octanol–water partition coefficient (Wildman–Crippen LogP) is 2.64. The summed E-state index contributed by atoms with van der Waals surface area (Å²) in [4.78, 5) is 9.10. The van der Waals surface area contributed by atoms with E-state index in [0.29, 0.717) is 5.92 Å². The van der Waals surface area contributed by atoms with Crippen molar-refractivity contribution in [1.82, 2.24) is 14.6 Å². The van der Waals surface area contributed by atoms with Crippen molar-refractivity contribution in [3.8, 4) is 22.4 Å². The first-order valence-corrected chi connectivity index (χ1v) is 12.1. The summed E-state index contributed by atoms with van der Waals surface area (Å²) in [5.41, 5.74) is 6.62. The van der Waals surface area contributed by atoms with Crippen LogP contribution in [0.2, 0.25) is 0 Å². The zero-order chi connectivity index (χ0) is 22.2. The van der Waals surface area contributed by atoms with Crippen LogP contribution in [0.25, 0.3) is 28.0 Å². The molecule has 1 aliphatic carbocycles. The highest BCUT2D eigenvalue weighted by atomic mass is 16.3. The molecule has 168 valence electrons. The third-order valence-electron chi connectivity index (χ3n) is 6.95. The van der Waals surface area contributed by atoms with Crippen molar-refractivity contribution in [3.63, 3.8) is 0 Å². The second-order valence-electron chi connectivity index (χ2n) is 9.21. The van der Waals surface area contributed by atoms with Gasteiger partial charge >= 0.3 is 0 Å². The molecule has 2 aliphatic rings. The van der Waals surface area contributed by atoms with Gasteiger partial charge in [-0.1, -0.05) is 60.7 Å². The third-order valence-corrected chi connectivity index (χ3v) is 6.95. The fourth-order valence-electron chi connectivity index (χ4n) is 4.98. The van der Waals surface area contributed by atoms with E-state index < -0.39 is 0 Å². The average Bonchev–Trinajstić information content (AvgIpc) is 3.65. The number of quaternary nitrogens is 1. The summed E-state index contributed by atoms with van der Waals surface area (Å²) in [6.45, 7) is 5.00. The van der Waals surface area contributed by atoms with Crippen LogP contribution in [0.1, 0.15) is 24.5 Å². The van der Waals surface area contributed by atoms with E-state index in [0.717, 1.165) is 55.4 Å². The van der Waals surface area contributed by atoms with Gasteiger partial charge in [-0.05, 0) is 18.4 Å². The molecule has 0 bridgehead atoms. The van der Waals surface area contributed by atoms with Crippen molar-refractivity contribution in [2.45, 2.75) is 18.8 Å². The largest absolute Gasteiger partial charge is 0.391 e. The Hall–Kier alpha value is -3.22. The molecule has 1 saturated heterocycles. The van der Waals surface area contributed by atoms with Gasteiger partial charge in [-0.2, -0.15) is 9.61 Å². The number of hydrogen-bond acceptors (Lipinski definition) is 4. The molecule has 4 aromatic rings. The number of aromatic nitrogens is 3. The fourth-order valence-corrected chi connectivity index (χ4v) is 4.98. The highest BCUT2D eigenvalue weighted by Crippen LogP contribution is 2.45. The lowest BCUT2D eigenvalue weighted by Gasteiger charge is -2.33. The molecule has 6 nitrogen and oxygen atoms in total. The minimum Gasteiger partial charge on any atom is -0.391 e. The summed E-state index contributed by atoms with van der Waals surface area (Å²) in [5.74, 6) is 1.65. The molecule has 2 N–H and O–H groups in total. The summed E-state index contributed by atoms with van der Waals surface area (Å²) in [6.07, 6.45) is 2.40. The number of benzene rings is 2. The summed E-state index contributed by atoms with van der Waals surface area (Å²) in [7, 11) is 0. The summed E-state index contributed by atoms with van der Waals surface area (Å²) >= 11 is 0. The molecular formula is C27H30N5O+. The lowest BCUT2D eigenvalue weighted by molar-refractivity contribution is -0.900. The first kappa shape index (κ1) is 20.4. The molecule has 0 spiro atoms. The van der Waals surface area contributed by atoms with E-state index in [1.807, 2.05) is 6.07 Å². The highest BCUT2D eigenvalue weighted by Gasteiger charge is 2.33. The van der Waals surface area contributed by atoms with Crippen LogP contribution in [0.15, 0.2) is 66.7 Å². The van der Waals surface area contributed by atoms with E-state index in [1.54, 1.807) is 0 Å². The predicted molar refractivity (Wildman–Crippen MR) is 131 cm³/mol. The van der Waals surface area contributed by atoms with Gasteiger partial charge in [-0.15, -0.1) is 0 Å². The summed E-state index contributed by atoms with van der Waals surface area (Å²) in [6, 6.07) is 23.3. The van der Waals surface area contributed by atoms with Crippen LogP contribution in [0, 0.1) is 0 Å². The molecule has 0 unspecified atom stereocenters. The Labute approximate surface area is 194 Å². The van der Waals surface area contributed by atoms with Crippen molar-refractivity contribution < 1.29 is 10.0 Å². The normalized spacial score (nSPS) is 17.1. The minimum absolute atomic E-state index is 0.247. The molecule has 0 atom stereocenters. The van der Waals surface area contributed by atoms with Crippen LogP contribution >= 0.6 is 0 Å². The standard InChI is InChI=1S/C27H29N5O/c33-18-17-30-13-15-31(16-14-30)24-19-23(20-7-3-1-4-8-20)28-27-25(21-9-5-2-6-10-21)26(22-11-12-22)29-32(24)27/h1-10,19,22,33H,11-18H2/p+1. The molecule has 6 rings (SSSR count). The topological polar surface area (TPSA) is 58.1 Å². The van der Waals surface area contributed by atoms with Crippen molar-refractivity contribution in [3.05, 3.63) is 72.4 Å². The van der Waals surface area contributed by atoms with Gasteiger partial charge in [0.2, 0.25) is 0 Å². The van der Waals surface area contributed by atoms with Crippen molar-refractivity contribution >= 4 is 11.5 Å². The molecule has 1 saturated carbocycles. The maximum Gasteiger partial charge on any atom is 0.166 e. The fraction of sp³-hybridized carbons (Fsp3) is 0.333. The van der Waals surface area contributed by atoms with E-state index >= 15 is 0 Å². The Bertz CT molecular complexity index is 1240. The van der Waals surface area contributed by atoms with E-state index in [4.69, 9.17) is 10.1 Å². The van der Waals surface area contributed by atoms with Gasteiger partial charge in [0, 0.05) is 17.5 Å². The van der Waals surface area contributed by atoms with Crippen LogP contribution in [0.3, 0.4) is 0 Å². The Balaban J connectivity index is 1.53. The second-order valence-corrected chi connectivity index (χ2v) is 9.21. The van der Waals surface area contributed by atoms with E-state index in [2.05, 4.69) is 70.1 Å². The van der Waals surface area contributed by atoms with Crippen LogP contribution < -0.4 is 9.80 Å². The molecular weight excluding hydrogens is 410 g/mol. The maximum atomic E-state index is 9.35. The number of piperazine rings is 1. The van der Waals surface area contributed by atoms with Crippen LogP contribution in [-0.2, 0) is 0 Å². The maximum absolute atomic E-state index is 9.35. The number of aliphatic hydroxyl groups is 1. The second kappa shape index (κ2) is 8.61. The van der Waals surface area contributed by atoms with Gasteiger partial charge in [0.15, 0.2) is 5.65 Å². The van der Waals surface area contributed by atoms with Crippen molar-refractivity contribution in [2.75, 3.05) is 44.2 Å². The molecule has 3 heterocycles. The third kappa shape index (κ3) is 3.90. The first-order chi connectivity index (χ1) is 16.3. The Kier molecular flexibility index (Phi) is 5.32. The summed E-state index contributed by atoms with van der Waals surface area (Å²) in [5, 5.41) is 14.5.